The first-order valence-electron chi connectivity index (χ1n) is 7.76. The highest BCUT2D eigenvalue weighted by atomic mass is 16.5. The van der Waals surface area contributed by atoms with E-state index < -0.39 is 0 Å². The quantitative estimate of drug-likeness (QED) is 0.622. The average Bonchev–Trinajstić information content (AvgIpc) is 2.50. The molecule has 1 rings (SSSR count). The van der Waals surface area contributed by atoms with Gasteiger partial charge in [-0.1, -0.05) is 38.8 Å². The Hall–Kier alpha value is -1.06. The topological polar surface area (TPSA) is 30.5 Å². The highest BCUT2D eigenvalue weighted by Gasteiger charge is 2.10. The van der Waals surface area contributed by atoms with Gasteiger partial charge in [0, 0.05) is 6.61 Å². The summed E-state index contributed by atoms with van der Waals surface area (Å²) >= 11 is 0. The van der Waals surface area contributed by atoms with Crippen molar-refractivity contribution in [2.75, 3.05) is 26.9 Å². The van der Waals surface area contributed by atoms with Crippen LogP contribution < -0.4 is 10.1 Å². The minimum absolute atomic E-state index is 0.266. The molecule has 0 aromatic heterocycles. The first-order chi connectivity index (χ1) is 9.81. The molecule has 1 aromatic carbocycles. The first kappa shape index (κ1) is 17.0. The van der Waals surface area contributed by atoms with Crippen LogP contribution in [-0.2, 0) is 4.74 Å². The molecule has 3 nitrogen and oxygen atoms in total. The molecular formula is C17H29NO2. The van der Waals surface area contributed by atoms with Gasteiger partial charge in [0.2, 0.25) is 0 Å². The van der Waals surface area contributed by atoms with Crippen molar-refractivity contribution in [1.29, 1.82) is 0 Å². The monoisotopic (exact) mass is 279 g/mol. The number of methoxy groups -OCH3 is 1. The van der Waals surface area contributed by atoms with Crippen molar-refractivity contribution in [3.63, 3.8) is 0 Å². The summed E-state index contributed by atoms with van der Waals surface area (Å²) in [6.45, 7) is 6.99. The summed E-state index contributed by atoms with van der Waals surface area (Å²) < 4.78 is 11.0. The van der Waals surface area contributed by atoms with Gasteiger partial charge in [-0.3, -0.25) is 0 Å². The summed E-state index contributed by atoms with van der Waals surface area (Å²) in [7, 11) is 1.69. The fourth-order valence-corrected chi connectivity index (χ4v) is 2.08. The number of unbranched alkanes of at least 4 members (excludes halogenated alkanes) is 2. The summed E-state index contributed by atoms with van der Waals surface area (Å²) in [6, 6.07) is 8.51. The second kappa shape index (κ2) is 10.7. The van der Waals surface area contributed by atoms with Gasteiger partial charge in [-0.05, 0) is 37.1 Å². The molecule has 1 aromatic rings. The van der Waals surface area contributed by atoms with Gasteiger partial charge < -0.3 is 14.8 Å². The molecular weight excluding hydrogens is 250 g/mol. The number of rotatable bonds is 11. The van der Waals surface area contributed by atoms with Crippen molar-refractivity contribution in [2.45, 2.75) is 45.6 Å². The Morgan fingerprint density at radius 2 is 1.80 bits per heavy atom. The molecule has 0 aliphatic rings. The Morgan fingerprint density at radius 3 is 2.40 bits per heavy atom. The molecule has 0 radical (unpaired) electrons. The zero-order valence-electron chi connectivity index (χ0n) is 13.2. The molecule has 0 amide bonds. The van der Waals surface area contributed by atoms with Crippen molar-refractivity contribution in [1.82, 2.24) is 5.32 Å². The fraction of sp³-hybridized carbons (Fsp3) is 0.647. The Balaban J connectivity index is 2.48. The molecule has 114 valence electrons. The molecule has 1 N–H and O–H groups in total. The molecule has 0 saturated heterocycles. The van der Waals surface area contributed by atoms with E-state index in [1.54, 1.807) is 7.11 Å². The van der Waals surface area contributed by atoms with Crippen molar-refractivity contribution >= 4 is 0 Å². The second-order valence-corrected chi connectivity index (χ2v) is 5.06. The third-order valence-corrected chi connectivity index (χ3v) is 3.34. The molecule has 3 heteroatoms. The molecule has 0 spiro atoms. The maximum atomic E-state index is 5.81. The van der Waals surface area contributed by atoms with Crippen LogP contribution >= 0.6 is 0 Å². The smallest absolute Gasteiger partial charge is 0.118 e. The molecule has 0 fully saturated rings. The lowest BCUT2D eigenvalue weighted by Gasteiger charge is -2.19. The summed E-state index contributed by atoms with van der Waals surface area (Å²) in [5.41, 5.74) is 1.26. The number of benzene rings is 1. The van der Waals surface area contributed by atoms with E-state index in [2.05, 4.69) is 31.3 Å². The van der Waals surface area contributed by atoms with Crippen molar-refractivity contribution < 1.29 is 9.47 Å². The van der Waals surface area contributed by atoms with Gasteiger partial charge in [-0.2, -0.15) is 0 Å². The molecule has 0 saturated carbocycles. The predicted octanol–water partition coefficient (Wildman–Crippen LogP) is 3.94. The number of hydrogen-bond acceptors (Lipinski definition) is 3. The molecule has 0 heterocycles. The maximum Gasteiger partial charge on any atom is 0.118 e. The summed E-state index contributed by atoms with van der Waals surface area (Å²) in [5.74, 6) is 0.895. The van der Waals surface area contributed by atoms with Gasteiger partial charge in [0.1, 0.15) is 5.75 Å². The van der Waals surface area contributed by atoms with E-state index in [0.717, 1.165) is 38.3 Å². The van der Waals surface area contributed by atoms with Crippen molar-refractivity contribution in [3.05, 3.63) is 29.8 Å². The summed E-state index contributed by atoms with van der Waals surface area (Å²) in [6.07, 6.45) is 4.76. The SMILES string of the molecule is CCCCCOCC(NCCC)c1ccc(OC)cc1. The van der Waals surface area contributed by atoms with E-state index in [0.29, 0.717) is 0 Å². The van der Waals surface area contributed by atoms with E-state index in [9.17, 15) is 0 Å². The maximum absolute atomic E-state index is 5.81. The second-order valence-electron chi connectivity index (χ2n) is 5.06. The molecule has 0 aliphatic carbocycles. The molecule has 20 heavy (non-hydrogen) atoms. The van der Waals surface area contributed by atoms with E-state index in [1.165, 1.54) is 18.4 Å². The Kier molecular flexibility index (Phi) is 9.09. The third kappa shape index (κ3) is 6.40. The normalized spacial score (nSPS) is 12.3. The molecule has 0 bridgehead atoms. The van der Waals surface area contributed by atoms with Crippen molar-refractivity contribution in [2.24, 2.45) is 0 Å². The van der Waals surface area contributed by atoms with Crippen LogP contribution in [0, 0.1) is 0 Å². The van der Waals surface area contributed by atoms with Gasteiger partial charge in [0.15, 0.2) is 0 Å². The number of nitrogens with one attached hydrogen (secondary N) is 1. The average molecular weight is 279 g/mol. The van der Waals surface area contributed by atoms with E-state index in [-0.39, 0.29) is 6.04 Å². The van der Waals surface area contributed by atoms with Gasteiger partial charge in [0.05, 0.1) is 19.8 Å². The zero-order valence-corrected chi connectivity index (χ0v) is 13.2. The standard InChI is InChI=1S/C17H29NO2/c1-4-6-7-13-20-14-17(18-12-5-2)15-8-10-16(19-3)11-9-15/h8-11,17-18H,4-7,12-14H2,1-3H3. The Bertz CT molecular complexity index is 337. The largest absolute Gasteiger partial charge is 0.497 e. The minimum atomic E-state index is 0.266. The van der Waals surface area contributed by atoms with Gasteiger partial charge in [-0.15, -0.1) is 0 Å². The van der Waals surface area contributed by atoms with Gasteiger partial charge >= 0.3 is 0 Å². The highest BCUT2D eigenvalue weighted by Crippen LogP contribution is 2.18. The van der Waals surface area contributed by atoms with Crippen LogP contribution in [0.15, 0.2) is 24.3 Å². The van der Waals surface area contributed by atoms with Crippen LogP contribution in [0.4, 0.5) is 0 Å². The lowest BCUT2D eigenvalue weighted by atomic mass is 10.1. The van der Waals surface area contributed by atoms with Gasteiger partial charge in [-0.25, -0.2) is 0 Å². The zero-order chi connectivity index (χ0) is 14.6. The molecule has 1 atom stereocenters. The van der Waals surface area contributed by atoms with E-state index in [4.69, 9.17) is 9.47 Å². The van der Waals surface area contributed by atoms with E-state index in [1.807, 2.05) is 12.1 Å². The van der Waals surface area contributed by atoms with Gasteiger partial charge in [0.25, 0.3) is 0 Å². The molecule has 1 unspecified atom stereocenters. The lowest BCUT2D eigenvalue weighted by molar-refractivity contribution is 0.108. The Morgan fingerprint density at radius 1 is 1.05 bits per heavy atom. The summed E-state index contributed by atoms with van der Waals surface area (Å²) in [4.78, 5) is 0. The Labute approximate surface area is 123 Å². The lowest BCUT2D eigenvalue weighted by Crippen LogP contribution is -2.26. The highest BCUT2D eigenvalue weighted by molar-refractivity contribution is 5.29. The number of ether oxygens (including phenoxy) is 2. The van der Waals surface area contributed by atoms with Crippen LogP contribution in [0.1, 0.15) is 51.1 Å². The minimum Gasteiger partial charge on any atom is -0.497 e. The van der Waals surface area contributed by atoms with Crippen LogP contribution in [0.2, 0.25) is 0 Å². The van der Waals surface area contributed by atoms with Crippen LogP contribution in [0.25, 0.3) is 0 Å². The molecule has 0 aliphatic heterocycles. The first-order valence-corrected chi connectivity index (χ1v) is 7.76. The predicted molar refractivity (Wildman–Crippen MR) is 84.4 cm³/mol. The van der Waals surface area contributed by atoms with Crippen molar-refractivity contribution in [3.8, 4) is 5.75 Å². The number of hydrogen-bond donors (Lipinski definition) is 1. The van der Waals surface area contributed by atoms with Crippen LogP contribution in [0.3, 0.4) is 0 Å². The van der Waals surface area contributed by atoms with E-state index >= 15 is 0 Å². The van der Waals surface area contributed by atoms with Crippen LogP contribution in [0.5, 0.6) is 5.75 Å². The fourth-order valence-electron chi connectivity index (χ4n) is 2.08. The third-order valence-electron chi connectivity index (χ3n) is 3.34. The van der Waals surface area contributed by atoms with Crippen LogP contribution in [-0.4, -0.2) is 26.9 Å². The summed E-state index contributed by atoms with van der Waals surface area (Å²) in [5, 5.41) is 3.55.